The molecule has 14 heteroatoms. The van der Waals surface area contributed by atoms with Crippen molar-refractivity contribution < 1.29 is 39.8 Å². The Morgan fingerprint density at radius 2 is 1.41 bits per heavy atom. The van der Waals surface area contributed by atoms with Gasteiger partial charge in [-0.25, -0.2) is 30.0 Å². The summed E-state index contributed by atoms with van der Waals surface area (Å²) in [4.78, 5) is -0.204. The lowest BCUT2D eigenvalue weighted by Gasteiger charge is -2.29. The van der Waals surface area contributed by atoms with Crippen molar-refractivity contribution in [2.75, 3.05) is 38.8 Å². The Kier molecular flexibility index (Phi) is 7.89. The molecule has 2 aromatic carbocycles. The van der Waals surface area contributed by atoms with E-state index in [1.165, 1.54) is 62.8 Å². The Balaban J connectivity index is 1.85. The van der Waals surface area contributed by atoms with Crippen molar-refractivity contribution in [3.63, 3.8) is 0 Å². The molecule has 1 heterocycles. The van der Waals surface area contributed by atoms with Gasteiger partial charge in [-0.2, -0.15) is 4.31 Å². The Hall–Kier alpha value is -2.23. The number of aliphatic hydroxyl groups is 1. The standard InChI is InChI=1S/C20H26N2O9S3/c1-30-15-3-7-17(8-4-15)33(26,27)21-11-12-22(19-13-32(24,25)14-20(19)23)34(28,29)18-9-5-16(31-2)6-10-18/h3-10,19-21,23H,11-14H2,1-2H3/t19-,20-/m1/s1. The maximum atomic E-state index is 13.4. The molecular weight excluding hydrogens is 508 g/mol. The van der Waals surface area contributed by atoms with Crippen molar-refractivity contribution in [1.82, 2.24) is 9.03 Å². The summed E-state index contributed by atoms with van der Waals surface area (Å²) in [5.74, 6) is -0.271. The zero-order valence-electron chi connectivity index (χ0n) is 18.5. The van der Waals surface area contributed by atoms with Gasteiger partial charge in [0.1, 0.15) is 11.5 Å². The van der Waals surface area contributed by atoms with Gasteiger partial charge >= 0.3 is 0 Å². The predicted octanol–water partition coefficient (Wildman–Crippen LogP) is -0.169. The average molecular weight is 535 g/mol. The first-order valence-electron chi connectivity index (χ1n) is 10.1. The number of nitrogens with zero attached hydrogens (tertiary/aromatic N) is 1. The van der Waals surface area contributed by atoms with E-state index in [-0.39, 0.29) is 16.3 Å². The third-order valence-electron chi connectivity index (χ3n) is 5.32. The summed E-state index contributed by atoms with van der Waals surface area (Å²) in [6, 6.07) is 9.78. The van der Waals surface area contributed by atoms with Crippen LogP contribution in [0.5, 0.6) is 11.5 Å². The second-order valence-electron chi connectivity index (χ2n) is 7.58. The Labute approximate surface area is 199 Å². The lowest BCUT2D eigenvalue weighted by molar-refractivity contribution is 0.128. The summed E-state index contributed by atoms with van der Waals surface area (Å²) in [6.45, 7) is -0.756. The number of sulfonamides is 2. The van der Waals surface area contributed by atoms with Crippen molar-refractivity contribution in [1.29, 1.82) is 0 Å². The minimum absolute atomic E-state index is 0.0543. The quantitative estimate of drug-likeness (QED) is 0.422. The molecule has 0 saturated carbocycles. The third kappa shape index (κ3) is 5.87. The van der Waals surface area contributed by atoms with Crippen LogP contribution in [-0.2, 0) is 29.9 Å². The molecule has 3 rings (SSSR count). The maximum Gasteiger partial charge on any atom is 0.243 e. The van der Waals surface area contributed by atoms with Crippen LogP contribution in [0, 0.1) is 0 Å². The second-order valence-corrected chi connectivity index (χ2v) is 13.4. The van der Waals surface area contributed by atoms with Gasteiger partial charge < -0.3 is 14.6 Å². The van der Waals surface area contributed by atoms with Crippen LogP contribution in [0.3, 0.4) is 0 Å². The summed E-state index contributed by atoms with van der Waals surface area (Å²) < 4.78 is 89.2. The van der Waals surface area contributed by atoms with Crippen molar-refractivity contribution in [3.8, 4) is 11.5 Å². The van der Waals surface area contributed by atoms with E-state index in [0.29, 0.717) is 11.5 Å². The lowest BCUT2D eigenvalue weighted by atomic mass is 10.2. The van der Waals surface area contributed by atoms with Crippen LogP contribution in [-0.4, -0.2) is 85.6 Å². The fourth-order valence-electron chi connectivity index (χ4n) is 3.56. The van der Waals surface area contributed by atoms with Gasteiger partial charge in [-0.3, -0.25) is 0 Å². The number of sulfone groups is 1. The molecule has 1 saturated heterocycles. The fourth-order valence-corrected chi connectivity index (χ4v) is 8.13. The van der Waals surface area contributed by atoms with E-state index >= 15 is 0 Å². The highest BCUT2D eigenvalue weighted by Gasteiger charge is 2.44. The van der Waals surface area contributed by atoms with Gasteiger partial charge in [0.05, 0.1) is 47.7 Å². The van der Waals surface area contributed by atoms with Gasteiger partial charge in [0, 0.05) is 13.1 Å². The number of ether oxygens (including phenoxy) is 2. The molecule has 11 nitrogen and oxygen atoms in total. The van der Waals surface area contributed by atoms with Crippen LogP contribution >= 0.6 is 0 Å². The first-order valence-corrected chi connectivity index (χ1v) is 14.8. The molecule has 0 aliphatic carbocycles. The molecule has 0 spiro atoms. The minimum atomic E-state index is -4.28. The smallest absolute Gasteiger partial charge is 0.243 e. The first-order chi connectivity index (χ1) is 15.9. The number of methoxy groups -OCH3 is 2. The number of hydrogen-bond donors (Lipinski definition) is 2. The Morgan fingerprint density at radius 3 is 1.85 bits per heavy atom. The third-order valence-corrected chi connectivity index (χ3v) is 10.4. The summed E-state index contributed by atoms with van der Waals surface area (Å²) in [7, 11) is -9.08. The van der Waals surface area contributed by atoms with E-state index in [1.54, 1.807) is 0 Å². The molecule has 0 aromatic heterocycles. The molecule has 0 unspecified atom stereocenters. The zero-order valence-corrected chi connectivity index (χ0v) is 20.9. The van der Waals surface area contributed by atoms with Crippen molar-refractivity contribution in [3.05, 3.63) is 48.5 Å². The fraction of sp³-hybridized carbons (Fsp3) is 0.400. The zero-order chi connectivity index (χ0) is 25.1. The summed E-state index contributed by atoms with van der Waals surface area (Å²) in [5, 5.41) is 10.3. The van der Waals surface area contributed by atoms with Crippen LogP contribution in [0.4, 0.5) is 0 Å². The largest absolute Gasteiger partial charge is 0.497 e. The normalized spacial score (nSPS) is 20.4. The van der Waals surface area contributed by atoms with Crippen molar-refractivity contribution in [2.45, 2.75) is 21.9 Å². The molecule has 0 radical (unpaired) electrons. The van der Waals surface area contributed by atoms with Gasteiger partial charge in [0.15, 0.2) is 9.84 Å². The van der Waals surface area contributed by atoms with E-state index in [1.807, 2.05) is 0 Å². The molecule has 2 aromatic rings. The number of aliphatic hydroxyl groups excluding tert-OH is 1. The summed E-state index contributed by atoms with van der Waals surface area (Å²) >= 11 is 0. The Morgan fingerprint density at radius 1 is 0.912 bits per heavy atom. The molecule has 1 aliphatic heterocycles. The van der Waals surface area contributed by atoms with Gasteiger partial charge in [-0.15, -0.1) is 0 Å². The van der Waals surface area contributed by atoms with Crippen LogP contribution in [0.25, 0.3) is 0 Å². The number of rotatable bonds is 10. The van der Waals surface area contributed by atoms with E-state index in [4.69, 9.17) is 9.47 Å². The summed E-state index contributed by atoms with van der Waals surface area (Å²) in [5.41, 5.74) is 0. The monoisotopic (exact) mass is 534 g/mol. The van der Waals surface area contributed by atoms with E-state index in [9.17, 15) is 30.4 Å². The van der Waals surface area contributed by atoms with E-state index in [0.717, 1.165) is 4.31 Å². The molecule has 188 valence electrons. The number of nitrogens with one attached hydrogen (secondary N) is 1. The molecule has 1 aliphatic rings. The highest BCUT2D eigenvalue weighted by molar-refractivity contribution is 7.92. The topological polar surface area (TPSA) is 156 Å². The Bertz CT molecular complexity index is 1310. The minimum Gasteiger partial charge on any atom is -0.497 e. The van der Waals surface area contributed by atoms with Gasteiger partial charge in [-0.05, 0) is 48.5 Å². The highest BCUT2D eigenvalue weighted by atomic mass is 32.2. The average Bonchev–Trinajstić information content (AvgIpc) is 3.08. The van der Waals surface area contributed by atoms with Crippen LogP contribution in [0.15, 0.2) is 58.3 Å². The van der Waals surface area contributed by atoms with Gasteiger partial charge in [0.2, 0.25) is 20.0 Å². The maximum absolute atomic E-state index is 13.4. The van der Waals surface area contributed by atoms with Crippen molar-refractivity contribution >= 4 is 29.9 Å². The van der Waals surface area contributed by atoms with Gasteiger partial charge in [0.25, 0.3) is 0 Å². The van der Waals surface area contributed by atoms with Gasteiger partial charge in [-0.1, -0.05) is 0 Å². The molecule has 1 fully saturated rings. The van der Waals surface area contributed by atoms with E-state index in [2.05, 4.69) is 4.72 Å². The number of benzene rings is 2. The van der Waals surface area contributed by atoms with Crippen LogP contribution in [0.2, 0.25) is 0 Å². The highest BCUT2D eigenvalue weighted by Crippen LogP contribution is 2.26. The molecule has 2 N–H and O–H groups in total. The number of hydrogen-bond acceptors (Lipinski definition) is 9. The van der Waals surface area contributed by atoms with Crippen molar-refractivity contribution in [2.24, 2.45) is 0 Å². The van der Waals surface area contributed by atoms with E-state index < -0.39 is 60.1 Å². The molecule has 0 bridgehead atoms. The molecular formula is C20H26N2O9S3. The summed E-state index contributed by atoms with van der Waals surface area (Å²) in [6.07, 6.45) is -1.45. The predicted molar refractivity (Wildman–Crippen MR) is 124 cm³/mol. The van der Waals surface area contributed by atoms with Crippen LogP contribution in [0.1, 0.15) is 0 Å². The SMILES string of the molecule is COc1ccc(S(=O)(=O)NCCN([C@@H]2CS(=O)(=O)C[C@H]2O)S(=O)(=O)c2ccc(OC)cc2)cc1. The second kappa shape index (κ2) is 10.2. The molecule has 34 heavy (non-hydrogen) atoms. The lowest BCUT2D eigenvalue weighted by Crippen LogP contribution is -2.49. The van der Waals surface area contributed by atoms with Crippen LogP contribution < -0.4 is 14.2 Å². The molecule has 2 atom stereocenters. The first kappa shape index (κ1) is 26.4. The molecule has 0 amide bonds.